The maximum Gasteiger partial charge on any atom is 0.0587 e. The maximum atomic E-state index is 8.68. The molecule has 0 aliphatic carbocycles. The Labute approximate surface area is 57.1 Å². The van der Waals surface area contributed by atoms with Crippen molar-refractivity contribution in [1.29, 1.82) is 0 Å². The fraction of sp³-hybridized carbons (Fsp3) is 1.00. The number of hydrogen-bond acceptors (Lipinski definition) is 2. The van der Waals surface area contributed by atoms with Crippen LogP contribution in [0, 0.1) is 5.41 Å². The highest BCUT2D eigenvalue weighted by molar-refractivity contribution is 4.78. The third-order valence-electron chi connectivity index (χ3n) is 2.11. The van der Waals surface area contributed by atoms with E-state index in [0.29, 0.717) is 0 Å². The molecule has 1 atom stereocenters. The molecule has 0 aromatic heterocycles. The van der Waals surface area contributed by atoms with Crippen molar-refractivity contribution in [3.63, 3.8) is 0 Å². The van der Waals surface area contributed by atoms with Gasteiger partial charge in [-0.1, -0.05) is 20.8 Å². The van der Waals surface area contributed by atoms with E-state index in [0.717, 1.165) is 6.42 Å². The van der Waals surface area contributed by atoms with E-state index in [1.54, 1.807) is 0 Å². The van der Waals surface area contributed by atoms with Gasteiger partial charge in [0, 0.05) is 6.04 Å². The van der Waals surface area contributed by atoms with E-state index in [-0.39, 0.29) is 18.1 Å². The molecule has 0 aliphatic heterocycles. The molecule has 0 heterocycles. The normalized spacial score (nSPS) is 15.7. The summed E-state index contributed by atoms with van der Waals surface area (Å²) in [7, 11) is 0. The number of aliphatic hydroxyl groups is 1. The zero-order valence-electron chi connectivity index (χ0n) is 6.52. The summed E-state index contributed by atoms with van der Waals surface area (Å²) >= 11 is 0. The highest BCUT2D eigenvalue weighted by Crippen LogP contribution is 2.22. The molecular weight excluding hydrogens is 114 g/mol. The largest absolute Gasteiger partial charge is 0.395 e. The summed E-state index contributed by atoms with van der Waals surface area (Å²) in [5, 5.41) is 8.68. The minimum absolute atomic E-state index is 0.0781. The van der Waals surface area contributed by atoms with E-state index in [9.17, 15) is 0 Å². The second kappa shape index (κ2) is 3.18. The molecule has 0 fully saturated rings. The van der Waals surface area contributed by atoms with Crippen LogP contribution in [0.5, 0.6) is 0 Å². The average molecular weight is 131 g/mol. The molecule has 2 nitrogen and oxygen atoms in total. The predicted octanol–water partition coefficient (Wildman–Crippen LogP) is 0.742. The molecule has 3 N–H and O–H groups in total. The zero-order valence-corrected chi connectivity index (χ0v) is 6.52. The van der Waals surface area contributed by atoms with Crippen LogP contribution >= 0.6 is 0 Å². The van der Waals surface area contributed by atoms with Crippen molar-refractivity contribution in [2.45, 2.75) is 33.2 Å². The Morgan fingerprint density at radius 2 is 2.00 bits per heavy atom. The van der Waals surface area contributed by atoms with Crippen LogP contribution in [0.25, 0.3) is 0 Å². The van der Waals surface area contributed by atoms with Crippen molar-refractivity contribution in [3.05, 3.63) is 0 Å². The molecule has 0 saturated heterocycles. The maximum absolute atomic E-state index is 8.68. The first-order valence-corrected chi connectivity index (χ1v) is 3.41. The Balaban J connectivity index is 3.80. The zero-order chi connectivity index (χ0) is 7.49. The van der Waals surface area contributed by atoms with Crippen molar-refractivity contribution >= 4 is 0 Å². The molecule has 56 valence electrons. The lowest BCUT2D eigenvalue weighted by Crippen LogP contribution is -2.39. The average Bonchev–Trinajstić information content (AvgIpc) is 1.86. The Kier molecular flexibility index (Phi) is 3.15. The molecular formula is C7H17NO. The smallest absolute Gasteiger partial charge is 0.0587 e. The van der Waals surface area contributed by atoms with Crippen LogP contribution in [0.3, 0.4) is 0 Å². The van der Waals surface area contributed by atoms with Gasteiger partial charge in [-0.15, -0.1) is 0 Å². The Morgan fingerprint density at radius 1 is 1.56 bits per heavy atom. The van der Waals surface area contributed by atoms with E-state index < -0.39 is 0 Å². The molecule has 0 saturated carbocycles. The van der Waals surface area contributed by atoms with Crippen molar-refractivity contribution in [2.75, 3.05) is 6.61 Å². The van der Waals surface area contributed by atoms with Crippen molar-refractivity contribution in [3.8, 4) is 0 Å². The van der Waals surface area contributed by atoms with Gasteiger partial charge in [-0.2, -0.15) is 0 Å². The summed E-state index contributed by atoms with van der Waals surface area (Å²) in [5.74, 6) is 0. The van der Waals surface area contributed by atoms with Crippen molar-refractivity contribution in [1.82, 2.24) is 0 Å². The van der Waals surface area contributed by atoms with Crippen LogP contribution in [0.4, 0.5) is 0 Å². The van der Waals surface area contributed by atoms with E-state index in [1.807, 2.05) is 0 Å². The first kappa shape index (κ1) is 8.92. The van der Waals surface area contributed by atoms with Crippen LogP contribution in [-0.2, 0) is 0 Å². The molecule has 0 spiro atoms. The van der Waals surface area contributed by atoms with Gasteiger partial charge >= 0.3 is 0 Å². The number of rotatable bonds is 3. The number of nitrogens with two attached hydrogens (primary N) is 1. The first-order valence-electron chi connectivity index (χ1n) is 3.41. The summed E-state index contributed by atoms with van der Waals surface area (Å²) < 4.78 is 0. The van der Waals surface area contributed by atoms with Gasteiger partial charge in [-0.3, -0.25) is 0 Å². The Morgan fingerprint density at radius 3 is 2.11 bits per heavy atom. The molecule has 0 amide bonds. The second-order valence-corrected chi connectivity index (χ2v) is 3.13. The molecule has 2 heteroatoms. The minimum atomic E-state index is -0.0810. The van der Waals surface area contributed by atoms with Crippen molar-refractivity contribution in [2.24, 2.45) is 11.1 Å². The lowest BCUT2D eigenvalue weighted by Gasteiger charge is -2.28. The van der Waals surface area contributed by atoms with Crippen LogP contribution < -0.4 is 5.73 Å². The van der Waals surface area contributed by atoms with Gasteiger partial charge in [0.1, 0.15) is 0 Å². The van der Waals surface area contributed by atoms with E-state index in [1.165, 1.54) is 0 Å². The van der Waals surface area contributed by atoms with E-state index in [2.05, 4.69) is 20.8 Å². The van der Waals surface area contributed by atoms with E-state index >= 15 is 0 Å². The summed E-state index contributed by atoms with van der Waals surface area (Å²) in [4.78, 5) is 0. The van der Waals surface area contributed by atoms with Gasteiger partial charge in [0.2, 0.25) is 0 Å². The molecule has 0 aromatic rings. The van der Waals surface area contributed by atoms with Crippen LogP contribution in [0.1, 0.15) is 27.2 Å². The molecule has 0 unspecified atom stereocenters. The highest BCUT2D eigenvalue weighted by Gasteiger charge is 2.22. The number of hydrogen-bond donors (Lipinski definition) is 2. The minimum Gasteiger partial charge on any atom is -0.395 e. The lowest BCUT2D eigenvalue weighted by atomic mass is 9.83. The van der Waals surface area contributed by atoms with E-state index in [4.69, 9.17) is 10.8 Å². The van der Waals surface area contributed by atoms with Gasteiger partial charge in [0.05, 0.1) is 6.61 Å². The Bertz CT molecular complexity index is 81.0. The lowest BCUT2D eigenvalue weighted by molar-refractivity contribution is 0.171. The summed E-state index contributed by atoms with van der Waals surface area (Å²) in [6.07, 6.45) is 1.01. The molecule has 0 radical (unpaired) electrons. The summed E-state index contributed by atoms with van der Waals surface area (Å²) in [6.45, 7) is 6.29. The fourth-order valence-electron chi connectivity index (χ4n) is 0.509. The second-order valence-electron chi connectivity index (χ2n) is 3.13. The third kappa shape index (κ3) is 2.33. The fourth-order valence-corrected chi connectivity index (χ4v) is 0.509. The SMILES string of the molecule is CCC(C)(C)[C@H](N)CO. The summed E-state index contributed by atoms with van der Waals surface area (Å²) in [6, 6.07) is -0.0810. The monoisotopic (exact) mass is 131 g/mol. The quantitative estimate of drug-likeness (QED) is 0.593. The molecule has 0 aliphatic rings. The molecule has 0 rings (SSSR count). The Hall–Kier alpha value is -0.0800. The molecule has 0 aromatic carbocycles. The standard InChI is InChI=1S/C7H17NO/c1-4-7(2,3)6(8)5-9/h6,9H,4-5,8H2,1-3H3/t6-/m1/s1. The van der Waals surface area contributed by atoms with Gasteiger partial charge < -0.3 is 10.8 Å². The van der Waals surface area contributed by atoms with Gasteiger partial charge in [-0.05, 0) is 11.8 Å². The van der Waals surface area contributed by atoms with Crippen molar-refractivity contribution < 1.29 is 5.11 Å². The first-order chi connectivity index (χ1) is 4.04. The van der Waals surface area contributed by atoms with Crippen LogP contribution in [-0.4, -0.2) is 17.8 Å². The molecule has 9 heavy (non-hydrogen) atoms. The highest BCUT2D eigenvalue weighted by atomic mass is 16.3. The van der Waals surface area contributed by atoms with Crippen LogP contribution in [0.2, 0.25) is 0 Å². The van der Waals surface area contributed by atoms with Gasteiger partial charge in [0.25, 0.3) is 0 Å². The predicted molar refractivity (Wildman–Crippen MR) is 39.1 cm³/mol. The number of aliphatic hydroxyl groups excluding tert-OH is 1. The van der Waals surface area contributed by atoms with Gasteiger partial charge in [0.15, 0.2) is 0 Å². The topological polar surface area (TPSA) is 46.2 Å². The van der Waals surface area contributed by atoms with Gasteiger partial charge in [-0.25, -0.2) is 0 Å². The third-order valence-corrected chi connectivity index (χ3v) is 2.11. The summed E-state index contributed by atoms with van der Waals surface area (Å²) in [5.41, 5.74) is 5.69. The van der Waals surface area contributed by atoms with Crippen LogP contribution in [0.15, 0.2) is 0 Å². The molecule has 0 bridgehead atoms.